The minimum absolute atomic E-state index is 0.203. The number of carboxylic acid groups (broad SMARTS) is 1. The maximum Gasteiger partial charge on any atom is 0.320 e. The van der Waals surface area contributed by atoms with E-state index in [0.29, 0.717) is 23.7 Å². The Balaban J connectivity index is 1.08. The molecule has 0 amide bonds. The van der Waals surface area contributed by atoms with Crippen LogP contribution in [-0.2, 0) is 11.2 Å². The summed E-state index contributed by atoms with van der Waals surface area (Å²) in [5.74, 6) is 1.09. The molecule has 1 N–H and O–H groups in total. The molecule has 1 saturated carbocycles. The Labute approximate surface area is 241 Å². The maximum atomic E-state index is 13.2. The molecule has 212 valence electrons. The molecule has 1 aliphatic carbocycles. The van der Waals surface area contributed by atoms with E-state index < -0.39 is 5.97 Å². The average Bonchev–Trinajstić information content (AvgIpc) is 3.49. The van der Waals surface area contributed by atoms with Crippen molar-refractivity contribution in [2.75, 3.05) is 32.7 Å². The number of carboxylic acids is 1. The smallest absolute Gasteiger partial charge is 0.320 e. The fraction of sp³-hybridized carbons (Fsp3) is 0.515. The van der Waals surface area contributed by atoms with E-state index >= 15 is 0 Å². The van der Waals surface area contributed by atoms with Crippen LogP contribution in [0.3, 0.4) is 0 Å². The van der Waals surface area contributed by atoms with Crippen molar-refractivity contribution in [2.24, 2.45) is 11.8 Å². The van der Waals surface area contributed by atoms with Gasteiger partial charge in [-0.3, -0.25) is 9.69 Å². The molecule has 3 aromatic rings. The van der Waals surface area contributed by atoms with Gasteiger partial charge in [-0.15, -0.1) is 11.3 Å². The van der Waals surface area contributed by atoms with E-state index in [4.69, 9.17) is 0 Å². The summed E-state index contributed by atoms with van der Waals surface area (Å²) in [6.45, 7) is 7.01. The predicted octanol–water partition coefficient (Wildman–Crippen LogP) is 6.33. The molecular formula is C33H40FN3O2S. The van der Waals surface area contributed by atoms with Gasteiger partial charge in [-0.05, 0) is 80.3 Å². The minimum Gasteiger partial charge on any atom is -0.480 e. The van der Waals surface area contributed by atoms with Crippen molar-refractivity contribution in [2.45, 2.75) is 63.3 Å². The lowest BCUT2D eigenvalue weighted by atomic mass is 9.87. The molecule has 2 aromatic carbocycles. The van der Waals surface area contributed by atoms with Gasteiger partial charge in [-0.25, -0.2) is 9.37 Å². The van der Waals surface area contributed by atoms with Crippen LogP contribution in [0.15, 0.2) is 54.7 Å². The first-order valence-electron chi connectivity index (χ1n) is 14.9. The van der Waals surface area contributed by atoms with Gasteiger partial charge in [0, 0.05) is 43.0 Å². The zero-order valence-electron chi connectivity index (χ0n) is 23.3. The minimum atomic E-state index is -0.653. The molecule has 5 nitrogen and oxygen atoms in total. The number of halogens is 1. The van der Waals surface area contributed by atoms with Crippen molar-refractivity contribution in [3.63, 3.8) is 0 Å². The summed E-state index contributed by atoms with van der Waals surface area (Å²) in [6, 6.07) is 15.2. The van der Waals surface area contributed by atoms with Gasteiger partial charge in [0.1, 0.15) is 11.9 Å². The largest absolute Gasteiger partial charge is 0.480 e. The normalized spacial score (nSPS) is 23.4. The van der Waals surface area contributed by atoms with Gasteiger partial charge in [-0.2, -0.15) is 0 Å². The predicted molar refractivity (Wildman–Crippen MR) is 157 cm³/mol. The Hall–Kier alpha value is -2.61. The molecule has 2 aliphatic heterocycles. The summed E-state index contributed by atoms with van der Waals surface area (Å²) < 4.78 is 13.2. The van der Waals surface area contributed by atoms with Crippen molar-refractivity contribution < 1.29 is 14.3 Å². The number of rotatable bonds is 10. The molecule has 3 heterocycles. The van der Waals surface area contributed by atoms with E-state index in [1.54, 1.807) is 11.3 Å². The van der Waals surface area contributed by atoms with E-state index in [2.05, 4.69) is 52.2 Å². The summed E-state index contributed by atoms with van der Waals surface area (Å²) in [6.07, 6.45) is 8.23. The first-order valence-corrected chi connectivity index (χ1v) is 15.7. The van der Waals surface area contributed by atoms with Crippen LogP contribution < -0.4 is 0 Å². The number of thiazole rings is 1. The van der Waals surface area contributed by atoms with Crippen LogP contribution in [0.1, 0.15) is 70.5 Å². The highest BCUT2D eigenvalue weighted by atomic mass is 32.1. The van der Waals surface area contributed by atoms with Crippen molar-refractivity contribution in [3.8, 4) is 0 Å². The van der Waals surface area contributed by atoms with Gasteiger partial charge in [-0.1, -0.05) is 54.8 Å². The Morgan fingerprint density at radius 3 is 2.58 bits per heavy atom. The SMILES string of the molecule is Cc1cccc([C@H]2CN([C@H](CC3CC3)C(=O)O)C[C@@H]2CN2CCC(c3cnc(Cc4ccc(F)cc4)s3)CC2)c1. The highest BCUT2D eigenvalue weighted by Crippen LogP contribution is 2.40. The van der Waals surface area contributed by atoms with Gasteiger partial charge in [0.2, 0.25) is 0 Å². The summed E-state index contributed by atoms with van der Waals surface area (Å²) in [5, 5.41) is 11.2. The first-order chi connectivity index (χ1) is 19.4. The van der Waals surface area contributed by atoms with Gasteiger partial charge in [0.05, 0.1) is 5.01 Å². The summed E-state index contributed by atoms with van der Waals surface area (Å²) in [5.41, 5.74) is 3.72. The Morgan fingerprint density at radius 1 is 1.10 bits per heavy atom. The van der Waals surface area contributed by atoms with Crippen molar-refractivity contribution in [1.82, 2.24) is 14.8 Å². The Morgan fingerprint density at radius 2 is 1.88 bits per heavy atom. The first kappa shape index (κ1) is 27.6. The van der Waals surface area contributed by atoms with E-state index in [1.807, 2.05) is 12.1 Å². The number of aromatic nitrogens is 1. The molecule has 2 saturated heterocycles. The zero-order chi connectivity index (χ0) is 27.6. The third-order valence-corrected chi connectivity index (χ3v) is 10.4. The summed E-state index contributed by atoms with van der Waals surface area (Å²) >= 11 is 1.80. The van der Waals surface area contributed by atoms with Gasteiger partial charge >= 0.3 is 5.97 Å². The van der Waals surface area contributed by atoms with Crippen molar-refractivity contribution >= 4 is 17.3 Å². The number of piperidine rings is 1. The fourth-order valence-corrected chi connectivity index (χ4v) is 7.93. The topological polar surface area (TPSA) is 56.7 Å². The van der Waals surface area contributed by atoms with Gasteiger partial charge in [0.15, 0.2) is 0 Å². The average molecular weight is 562 g/mol. The van der Waals surface area contributed by atoms with Gasteiger partial charge < -0.3 is 10.0 Å². The summed E-state index contributed by atoms with van der Waals surface area (Å²) in [4.78, 5) is 23.2. The highest BCUT2D eigenvalue weighted by molar-refractivity contribution is 7.11. The number of likely N-dealkylation sites (tertiary alicyclic amines) is 2. The number of benzene rings is 2. The molecular weight excluding hydrogens is 521 g/mol. The number of nitrogens with zero attached hydrogens (tertiary/aromatic N) is 3. The molecule has 3 atom stereocenters. The molecule has 40 heavy (non-hydrogen) atoms. The van der Waals surface area contributed by atoms with Crippen LogP contribution in [0.5, 0.6) is 0 Å². The molecule has 7 heteroatoms. The maximum absolute atomic E-state index is 13.2. The molecule has 1 aromatic heterocycles. The quantitative estimate of drug-likeness (QED) is 0.314. The number of hydrogen-bond acceptors (Lipinski definition) is 5. The van der Waals surface area contributed by atoms with Crippen LogP contribution in [0.25, 0.3) is 0 Å². The van der Waals surface area contributed by atoms with E-state index in [1.165, 1.54) is 41.0 Å². The lowest BCUT2D eigenvalue weighted by Crippen LogP contribution is -2.41. The number of aliphatic carboxylic acids is 1. The van der Waals surface area contributed by atoms with E-state index in [0.717, 1.165) is 69.0 Å². The van der Waals surface area contributed by atoms with E-state index in [-0.39, 0.29) is 11.9 Å². The Bertz CT molecular complexity index is 1300. The molecule has 3 aliphatic rings. The standard InChI is InChI=1S/C33H40FN3O2S/c1-22-3-2-4-26(15-22)29-21-37(30(33(38)39)16-23-5-6-23)20-27(29)19-36-13-11-25(12-14-36)31-18-35-32(40-31)17-24-7-9-28(34)10-8-24/h2-4,7-10,15,18,23,25,27,29-30H,5-6,11-14,16-17,19-21H2,1H3,(H,38,39)/t27-,29+,30+/m0/s1. The van der Waals surface area contributed by atoms with Crippen LogP contribution >= 0.6 is 11.3 Å². The molecule has 3 fully saturated rings. The van der Waals surface area contributed by atoms with Gasteiger partial charge in [0.25, 0.3) is 0 Å². The number of carbonyl (C=O) groups is 1. The third kappa shape index (κ3) is 6.64. The second kappa shape index (κ2) is 12.1. The third-order valence-electron chi connectivity index (χ3n) is 9.24. The monoisotopic (exact) mass is 561 g/mol. The van der Waals surface area contributed by atoms with Crippen LogP contribution in [-0.4, -0.2) is 64.6 Å². The molecule has 0 unspecified atom stereocenters. The molecule has 0 radical (unpaired) electrons. The Kier molecular flexibility index (Phi) is 8.33. The molecule has 6 rings (SSSR count). The van der Waals surface area contributed by atoms with Crippen molar-refractivity contribution in [3.05, 3.63) is 87.1 Å². The second-order valence-corrected chi connectivity index (χ2v) is 13.4. The zero-order valence-corrected chi connectivity index (χ0v) is 24.2. The highest BCUT2D eigenvalue weighted by Gasteiger charge is 2.42. The molecule has 0 spiro atoms. The lowest BCUT2D eigenvalue weighted by molar-refractivity contribution is -0.143. The van der Waals surface area contributed by atoms with Crippen LogP contribution in [0.4, 0.5) is 4.39 Å². The van der Waals surface area contributed by atoms with E-state index in [9.17, 15) is 14.3 Å². The fourth-order valence-electron chi connectivity index (χ4n) is 6.80. The second-order valence-electron chi connectivity index (χ2n) is 12.3. The molecule has 0 bridgehead atoms. The van der Waals surface area contributed by atoms with Crippen molar-refractivity contribution in [1.29, 1.82) is 0 Å². The van der Waals surface area contributed by atoms with Crippen LogP contribution in [0, 0.1) is 24.6 Å². The number of aryl methyl sites for hydroxylation is 1. The number of hydrogen-bond donors (Lipinski definition) is 1. The van der Waals surface area contributed by atoms with Crippen LogP contribution in [0.2, 0.25) is 0 Å². The lowest BCUT2D eigenvalue weighted by Gasteiger charge is -2.34. The summed E-state index contributed by atoms with van der Waals surface area (Å²) in [7, 11) is 0.